The first-order valence-electron chi connectivity index (χ1n) is 6.40. The van der Waals surface area contributed by atoms with E-state index in [1.54, 1.807) is 25.2 Å². The highest BCUT2D eigenvalue weighted by molar-refractivity contribution is 5.92. The molecule has 2 rings (SSSR count). The molecule has 0 saturated carbocycles. The number of anilines is 1. The van der Waals surface area contributed by atoms with Gasteiger partial charge in [0.05, 0.1) is 6.54 Å². The molecule has 0 radical (unpaired) electrons. The summed E-state index contributed by atoms with van der Waals surface area (Å²) in [5.74, 6) is 1.24. The van der Waals surface area contributed by atoms with Crippen LogP contribution in [0.4, 0.5) is 5.82 Å². The summed E-state index contributed by atoms with van der Waals surface area (Å²) in [6.07, 6.45) is 0. The zero-order valence-electron chi connectivity index (χ0n) is 11.3. The number of nitrogens with zero attached hydrogens (tertiary/aromatic N) is 1. The fourth-order valence-electron chi connectivity index (χ4n) is 1.64. The van der Waals surface area contributed by atoms with Gasteiger partial charge in [0.2, 0.25) is 0 Å². The van der Waals surface area contributed by atoms with Crippen molar-refractivity contribution in [2.24, 2.45) is 0 Å². The van der Waals surface area contributed by atoms with Crippen molar-refractivity contribution in [3.8, 4) is 5.75 Å². The van der Waals surface area contributed by atoms with Crippen molar-refractivity contribution in [3.05, 3.63) is 54.2 Å². The lowest BCUT2D eigenvalue weighted by Crippen LogP contribution is -2.28. The Balaban J connectivity index is 1.77. The van der Waals surface area contributed by atoms with Crippen LogP contribution in [0.1, 0.15) is 10.5 Å². The molecular formula is C15H17N3O2. The third-order valence-corrected chi connectivity index (χ3v) is 2.64. The van der Waals surface area contributed by atoms with Crippen LogP contribution < -0.4 is 15.4 Å². The summed E-state index contributed by atoms with van der Waals surface area (Å²) in [6.45, 7) is 0.848. The predicted molar refractivity (Wildman–Crippen MR) is 78.1 cm³/mol. The molecule has 0 aliphatic heterocycles. The molecule has 0 spiro atoms. The first-order valence-corrected chi connectivity index (χ1v) is 6.40. The second kappa shape index (κ2) is 7.13. The van der Waals surface area contributed by atoms with Crippen molar-refractivity contribution in [3.63, 3.8) is 0 Å². The zero-order valence-corrected chi connectivity index (χ0v) is 11.3. The molecule has 0 bridgehead atoms. The van der Waals surface area contributed by atoms with Crippen molar-refractivity contribution in [2.75, 3.05) is 25.5 Å². The normalized spacial score (nSPS) is 9.85. The Hall–Kier alpha value is -2.56. The summed E-state index contributed by atoms with van der Waals surface area (Å²) < 4.78 is 5.49. The van der Waals surface area contributed by atoms with Crippen LogP contribution in [-0.2, 0) is 0 Å². The minimum Gasteiger partial charge on any atom is -0.492 e. The molecule has 1 aromatic heterocycles. The Morgan fingerprint density at radius 1 is 1.15 bits per heavy atom. The number of para-hydroxylation sites is 1. The number of ether oxygens (including phenoxy) is 1. The Morgan fingerprint density at radius 3 is 2.70 bits per heavy atom. The SMILES string of the molecule is CNc1cccc(C(=O)NCCOc2ccccc2)n1. The van der Waals surface area contributed by atoms with Gasteiger partial charge in [-0.2, -0.15) is 0 Å². The molecule has 0 saturated heterocycles. The fraction of sp³-hybridized carbons (Fsp3) is 0.200. The van der Waals surface area contributed by atoms with Gasteiger partial charge in [0.25, 0.3) is 5.91 Å². The molecule has 0 aliphatic carbocycles. The summed E-state index contributed by atoms with van der Waals surface area (Å²) in [7, 11) is 1.76. The second-order valence-electron chi connectivity index (χ2n) is 4.08. The first kappa shape index (κ1) is 13.9. The molecule has 2 N–H and O–H groups in total. The number of hydrogen-bond donors (Lipinski definition) is 2. The number of carbonyl (C=O) groups excluding carboxylic acids is 1. The fourth-order valence-corrected chi connectivity index (χ4v) is 1.64. The molecular weight excluding hydrogens is 254 g/mol. The topological polar surface area (TPSA) is 63.2 Å². The highest BCUT2D eigenvalue weighted by Gasteiger charge is 2.06. The minimum atomic E-state index is -0.209. The average Bonchev–Trinajstić information content (AvgIpc) is 2.52. The van der Waals surface area contributed by atoms with E-state index in [1.807, 2.05) is 30.3 Å². The van der Waals surface area contributed by atoms with E-state index in [-0.39, 0.29) is 5.91 Å². The zero-order chi connectivity index (χ0) is 14.2. The first-order chi connectivity index (χ1) is 9.79. The number of rotatable bonds is 6. The van der Waals surface area contributed by atoms with Crippen LogP contribution in [0.3, 0.4) is 0 Å². The summed E-state index contributed by atoms with van der Waals surface area (Å²) in [5.41, 5.74) is 0.386. The monoisotopic (exact) mass is 271 g/mol. The lowest BCUT2D eigenvalue weighted by Gasteiger charge is -2.08. The standard InChI is InChI=1S/C15H17N3O2/c1-16-14-9-5-8-13(18-14)15(19)17-10-11-20-12-6-3-2-4-7-12/h2-9H,10-11H2,1H3,(H,16,18)(H,17,19). The summed E-state index contributed by atoms with van der Waals surface area (Å²) in [4.78, 5) is 16.0. The van der Waals surface area contributed by atoms with E-state index in [1.165, 1.54) is 0 Å². The van der Waals surface area contributed by atoms with Crippen LogP contribution in [0.25, 0.3) is 0 Å². The molecule has 1 aromatic carbocycles. The molecule has 0 unspecified atom stereocenters. The van der Waals surface area contributed by atoms with Crippen LogP contribution in [0.2, 0.25) is 0 Å². The number of pyridine rings is 1. The summed E-state index contributed by atoms with van der Waals surface area (Å²) in [6, 6.07) is 14.7. The Labute approximate surface area is 118 Å². The van der Waals surface area contributed by atoms with Gasteiger partial charge in [-0.25, -0.2) is 4.98 Å². The highest BCUT2D eigenvalue weighted by atomic mass is 16.5. The average molecular weight is 271 g/mol. The van der Waals surface area contributed by atoms with Crippen LogP contribution in [0, 0.1) is 0 Å². The van der Waals surface area contributed by atoms with Crippen molar-refractivity contribution in [1.82, 2.24) is 10.3 Å². The largest absolute Gasteiger partial charge is 0.492 e. The molecule has 2 aromatic rings. The molecule has 104 valence electrons. The van der Waals surface area contributed by atoms with E-state index in [9.17, 15) is 4.79 Å². The number of hydrogen-bond acceptors (Lipinski definition) is 4. The van der Waals surface area contributed by atoms with Gasteiger partial charge in [0.1, 0.15) is 23.9 Å². The second-order valence-corrected chi connectivity index (χ2v) is 4.08. The number of nitrogens with one attached hydrogen (secondary N) is 2. The van der Waals surface area contributed by atoms with Crippen molar-refractivity contribution < 1.29 is 9.53 Å². The summed E-state index contributed by atoms with van der Waals surface area (Å²) >= 11 is 0. The lowest BCUT2D eigenvalue weighted by atomic mass is 10.3. The van der Waals surface area contributed by atoms with E-state index in [2.05, 4.69) is 15.6 Å². The lowest BCUT2D eigenvalue weighted by molar-refractivity contribution is 0.0942. The number of aromatic nitrogens is 1. The van der Waals surface area contributed by atoms with Gasteiger partial charge in [-0.1, -0.05) is 24.3 Å². The molecule has 0 fully saturated rings. The number of amides is 1. The highest BCUT2D eigenvalue weighted by Crippen LogP contribution is 2.07. The third kappa shape index (κ3) is 3.98. The maximum Gasteiger partial charge on any atom is 0.270 e. The van der Waals surface area contributed by atoms with Gasteiger partial charge < -0.3 is 15.4 Å². The van der Waals surface area contributed by atoms with E-state index in [0.717, 1.165) is 5.75 Å². The van der Waals surface area contributed by atoms with Gasteiger partial charge in [0.15, 0.2) is 0 Å². The van der Waals surface area contributed by atoms with Gasteiger partial charge in [-0.05, 0) is 24.3 Å². The molecule has 20 heavy (non-hydrogen) atoms. The van der Waals surface area contributed by atoms with Gasteiger partial charge in [-0.15, -0.1) is 0 Å². The molecule has 1 heterocycles. The van der Waals surface area contributed by atoms with E-state index in [0.29, 0.717) is 24.7 Å². The third-order valence-electron chi connectivity index (χ3n) is 2.64. The van der Waals surface area contributed by atoms with Crippen LogP contribution in [0.5, 0.6) is 5.75 Å². The number of benzene rings is 1. The van der Waals surface area contributed by atoms with Crippen LogP contribution >= 0.6 is 0 Å². The van der Waals surface area contributed by atoms with Crippen molar-refractivity contribution in [2.45, 2.75) is 0 Å². The van der Waals surface area contributed by atoms with Crippen molar-refractivity contribution in [1.29, 1.82) is 0 Å². The van der Waals surface area contributed by atoms with Gasteiger partial charge >= 0.3 is 0 Å². The predicted octanol–water partition coefficient (Wildman–Crippen LogP) is 1.93. The molecule has 5 nitrogen and oxygen atoms in total. The molecule has 0 aliphatic rings. The molecule has 5 heteroatoms. The minimum absolute atomic E-state index is 0.209. The number of carbonyl (C=O) groups is 1. The Bertz CT molecular complexity index is 558. The van der Waals surface area contributed by atoms with Gasteiger partial charge in [0, 0.05) is 7.05 Å². The molecule has 0 atom stereocenters. The summed E-state index contributed by atoms with van der Waals surface area (Å²) in [5, 5.41) is 5.66. The Morgan fingerprint density at radius 2 is 1.95 bits per heavy atom. The van der Waals surface area contributed by atoms with E-state index >= 15 is 0 Å². The van der Waals surface area contributed by atoms with E-state index < -0.39 is 0 Å². The van der Waals surface area contributed by atoms with E-state index in [4.69, 9.17) is 4.74 Å². The van der Waals surface area contributed by atoms with Crippen LogP contribution in [0.15, 0.2) is 48.5 Å². The smallest absolute Gasteiger partial charge is 0.270 e. The Kier molecular flexibility index (Phi) is 4.94. The van der Waals surface area contributed by atoms with Gasteiger partial charge in [-0.3, -0.25) is 4.79 Å². The quantitative estimate of drug-likeness (QED) is 0.788. The maximum absolute atomic E-state index is 11.9. The maximum atomic E-state index is 11.9. The van der Waals surface area contributed by atoms with Crippen molar-refractivity contribution >= 4 is 11.7 Å². The molecule has 1 amide bonds. The van der Waals surface area contributed by atoms with Crippen LogP contribution in [-0.4, -0.2) is 31.1 Å².